The van der Waals surface area contributed by atoms with Gasteiger partial charge in [-0.05, 0) is 19.8 Å². The number of nitrogens with one attached hydrogen (secondary N) is 1. The molecule has 0 aromatic carbocycles. The minimum atomic E-state index is 0.602. The monoisotopic (exact) mass is 259 g/mol. The van der Waals surface area contributed by atoms with Crippen molar-refractivity contribution in [2.45, 2.75) is 19.8 Å². The van der Waals surface area contributed by atoms with Gasteiger partial charge in [0.25, 0.3) is 0 Å². The molecule has 0 amide bonds. The second-order valence-corrected chi connectivity index (χ2v) is 4.45. The Morgan fingerprint density at radius 2 is 1.95 bits per heavy atom. The van der Waals surface area contributed by atoms with Crippen molar-refractivity contribution in [1.29, 1.82) is 0 Å². The van der Waals surface area contributed by atoms with E-state index in [-0.39, 0.29) is 0 Å². The lowest BCUT2D eigenvalue weighted by Gasteiger charge is -2.16. The molecular formula is C12H17N7. The molecule has 1 aliphatic rings. The number of hydrogen-bond donors (Lipinski definition) is 1. The summed E-state index contributed by atoms with van der Waals surface area (Å²) in [6.45, 7) is 4.83. The van der Waals surface area contributed by atoms with E-state index in [1.54, 1.807) is 17.1 Å². The van der Waals surface area contributed by atoms with Crippen LogP contribution in [0.4, 0.5) is 11.9 Å². The molecule has 7 heteroatoms. The van der Waals surface area contributed by atoms with Gasteiger partial charge in [-0.2, -0.15) is 15.0 Å². The summed E-state index contributed by atoms with van der Waals surface area (Å²) in [5.41, 5.74) is 0. The average Bonchev–Trinajstić information content (AvgIpc) is 3.12. The van der Waals surface area contributed by atoms with Crippen molar-refractivity contribution >= 4 is 11.9 Å². The second-order valence-electron chi connectivity index (χ2n) is 4.45. The molecule has 1 N–H and O–H groups in total. The summed E-state index contributed by atoms with van der Waals surface area (Å²) in [5, 5.41) is 3.15. The molecule has 0 unspecified atom stereocenters. The van der Waals surface area contributed by atoms with Crippen LogP contribution in [-0.4, -0.2) is 44.1 Å². The van der Waals surface area contributed by atoms with E-state index in [4.69, 9.17) is 0 Å². The van der Waals surface area contributed by atoms with E-state index in [2.05, 4.69) is 30.2 Å². The largest absolute Gasteiger partial charge is 0.354 e. The van der Waals surface area contributed by atoms with Crippen molar-refractivity contribution in [3.8, 4) is 5.95 Å². The molecule has 19 heavy (non-hydrogen) atoms. The van der Waals surface area contributed by atoms with Crippen LogP contribution in [0.25, 0.3) is 5.95 Å². The Kier molecular flexibility index (Phi) is 3.26. The van der Waals surface area contributed by atoms with Crippen LogP contribution in [0.5, 0.6) is 0 Å². The first-order chi connectivity index (χ1) is 9.36. The molecular weight excluding hydrogens is 242 g/mol. The second kappa shape index (κ2) is 5.21. The van der Waals surface area contributed by atoms with Gasteiger partial charge in [-0.25, -0.2) is 4.98 Å². The normalized spacial score (nSPS) is 14.9. The number of anilines is 2. The van der Waals surface area contributed by atoms with Gasteiger partial charge < -0.3 is 10.2 Å². The molecule has 100 valence electrons. The van der Waals surface area contributed by atoms with E-state index in [0.717, 1.165) is 25.6 Å². The summed E-state index contributed by atoms with van der Waals surface area (Å²) in [4.78, 5) is 19.6. The van der Waals surface area contributed by atoms with E-state index >= 15 is 0 Å². The maximum absolute atomic E-state index is 4.53. The van der Waals surface area contributed by atoms with Crippen molar-refractivity contribution in [3.05, 3.63) is 18.7 Å². The van der Waals surface area contributed by atoms with E-state index in [0.29, 0.717) is 11.9 Å². The number of imidazole rings is 1. The molecule has 7 nitrogen and oxygen atoms in total. The summed E-state index contributed by atoms with van der Waals surface area (Å²) in [6, 6.07) is 0. The quantitative estimate of drug-likeness (QED) is 0.886. The smallest absolute Gasteiger partial charge is 0.241 e. The summed E-state index contributed by atoms with van der Waals surface area (Å²) >= 11 is 0. The zero-order chi connectivity index (χ0) is 13.1. The van der Waals surface area contributed by atoms with Crippen LogP contribution in [0.1, 0.15) is 19.8 Å². The molecule has 0 bridgehead atoms. The van der Waals surface area contributed by atoms with Crippen LogP contribution in [0.15, 0.2) is 18.7 Å². The van der Waals surface area contributed by atoms with Crippen LogP contribution >= 0.6 is 0 Å². The standard InChI is InChI=1S/C12H17N7/c1-2-14-10-15-11(18-6-3-4-7-18)17-12(16-10)19-8-5-13-9-19/h5,8-9H,2-4,6-7H2,1H3,(H,14,15,16,17). The topological polar surface area (TPSA) is 71.8 Å². The van der Waals surface area contributed by atoms with Crippen LogP contribution in [0, 0.1) is 0 Å². The highest BCUT2D eigenvalue weighted by atomic mass is 15.3. The molecule has 2 aromatic heterocycles. The Bertz CT molecular complexity index is 531. The van der Waals surface area contributed by atoms with Crippen molar-refractivity contribution in [2.75, 3.05) is 29.9 Å². The molecule has 1 aliphatic heterocycles. The Morgan fingerprint density at radius 1 is 1.16 bits per heavy atom. The Balaban J connectivity index is 1.98. The van der Waals surface area contributed by atoms with Gasteiger partial charge in [-0.3, -0.25) is 4.57 Å². The molecule has 2 aromatic rings. The van der Waals surface area contributed by atoms with E-state index in [1.807, 2.05) is 13.1 Å². The van der Waals surface area contributed by atoms with Crippen LogP contribution in [-0.2, 0) is 0 Å². The third-order valence-electron chi connectivity index (χ3n) is 3.07. The maximum atomic E-state index is 4.53. The summed E-state index contributed by atoms with van der Waals surface area (Å²) in [6.07, 6.45) is 7.63. The fourth-order valence-electron chi connectivity index (χ4n) is 2.14. The first-order valence-corrected chi connectivity index (χ1v) is 6.60. The highest BCUT2D eigenvalue weighted by Gasteiger charge is 2.17. The first kappa shape index (κ1) is 11.9. The minimum absolute atomic E-state index is 0.602. The van der Waals surface area contributed by atoms with Crippen molar-refractivity contribution in [1.82, 2.24) is 24.5 Å². The predicted octanol–water partition coefficient (Wildman–Crippen LogP) is 1.09. The van der Waals surface area contributed by atoms with Crippen LogP contribution < -0.4 is 10.2 Å². The highest BCUT2D eigenvalue weighted by Crippen LogP contribution is 2.18. The predicted molar refractivity (Wildman–Crippen MR) is 72.6 cm³/mol. The zero-order valence-corrected chi connectivity index (χ0v) is 11.0. The lowest BCUT2D eigenvalue weighted by Crippen LogP contribution is -2.22. The molecule has 3 heterocycles. The van der Waals surface area contributed by atoms with Gasteiger partial charge in [0.1, 0.15) is 6.33 Å². The molecule has 0 atom stereocenters. The molecule has 0 spiro atoms. The fraction of sp³-hybridized carbons (Fsp3) is 0.500. The summed E-state index contributed by atoms with van der Waals surface area (Å²) < 4.78 is 1.79. The van der Waals surface area contributed by atoms with Crippen LogP contribution in [0.2, 0.25) is 0 Å². The Morgan fingerprint density at radius 3 is 2.63 bits per heavy atom. The molecule has 0 aliphatic carbocycles. The number of rotatable bonds is 4. The fourth-order valence-corrected chi connectivity index (χ4v) is 2.14. The highest BCUT2D eigenvalue weighted by molar-refractivity contribution is 5.40. The lowest BCUT2D eigenvalue weighted by atomic mass is 10.4. The maximum Gasteiger partial charge on any atom is 0.241 e. The Labute approximate surface area is 111 Å². The number of aromatic nitrogens is 5. The van der Waals surface area contributed by atoms with Gasteiger partial charge in [0.2, 0.25) is 17.8 Å². The SMILES string of the molecule is CCNc1nc(N2CCCC2)nc(-n2ccnc2)n1. The lowest BCUT2D eigenvalue weighted by molar-refractivity contribution is 0.837. The van der Waals surface area contributed by atoms with Gasteiger partial charge in [-0.15, -0.1) is 0 Å². The van der Waals surface area contributed by atoms with E-state index < -0.39 is 0 Å². The van der Waals surface area contributed by atoms with Gasteiger partial charge in [0.05, 0.1) is 0 Å². The summed E-state index contributed by atoms with van der Waals surface area (Å²) in [7, 11) is 0. The van der Waals surface area contributed by atoms with Crippen molar-refractivity contribution in [2.24, 2.45) is 0 Å². The summed E-state index contributed by atoms with van der Waals surface area (Å²) in [5.74, 6) is 1.96. The van der Waals surface area contributed by atoms with E-state index in [9.17, 15) is 0 Å². The van der Waals surface area contributed by atoms with Crippen LogP contribution in [0.3, 0.4) is 0 Å². The molecule has 1 fully saturated rings. The third kappa shape index (κ3) is 2.49. The molecule has 3 rings (SSSR count). The zero-order valence-electron chi connectivity index (χ0n) is 11.0. The van der Waals surface area contributed by atoms with Crippen molar-refractivity contribution < 1.29 is 0 Å². The molecule has 0 radical (unpaired) electrons. The van der Waals surface area contributed by atoms with E-state index in [1.165, 1.54) is 12.8 Å². The molecule has 1 saturated heterocycles. The van der Waals surface area contributed by atoms with Gasteiger partial charge in [-0.1, -0.05) is 0 Å². The van der Waals surface area contributed by atoms with Gasteiger partial charge >= 0.3 is 0 Å². The number of hydrogen-bond acceptors (Lipinski definition) is 6. The van der Waals surface area contributed by atoms with Crippen molar-refractivity contribution in [3.63, 3.8) is 0 Å². The van der Waals surface area contributed by atoms with Gasteiger partial charge in [0, 0.05) is 32.0 Å². The minimum Gasteiger partial charge on any atom is -0.354 e. The molecule has 0 saturated carbocycles. The van der Waals surface area contributed by atoms with Gasteiger partial charge in [0.15, 0.2) is 0 Å². The first-order valence-electron chi connectivity index (χ1n) is 6.60. The number of nitrogens with zero attached hydrogens (tertiary/aromatic N) is 6. The third-order valence-corrected chi connectivity index (χ3v) is 3.07. The average molecular weight is 259 g/mol. The Hall–Kier alpha value is -2.18.